The van der Waals surface area contributed by atoms with Crippen LogP contribution in [0.3, 0.4) is 0 Å². The highest BCUT2D eigenvalue weighted by Gasteiger charge is 1.95. The van der Waals surface area contributed by atoms with Crippen LogP contribution in [0.1, 0.15) is 6.92 Å². The Morgan fingerprint density at radius 3 is 2.67 bits per heavy atom. The molecule has 0 saturated heterocycles. The third-order valence-corrected chi connectivity index (χ3v) is 0.897. The van der Waals surface area contributed by atoms with Crippen LogP contribution in [0.2, 0.25) is 0 Å². The fourth-order valence-corrected chi connectivity index (χ4v) is 0.419. The number of carbonyl (C=O) groups excluding carboxylic acids is 2. The lowest BCUT2D eigenvalue weighted by molar-refractivity contribution is -0.134. The van der Waals surface area contributed by atoms with Crippen molar-refractivity contribution in [3.05, 3.63) is 12.3 Å². The minimum Gasteiger partial charge on any atom is -0.466 e. The van der Waals surface area contributed by atoms with Crippen LogP contribution in [0.15, 0.2) is 12.3 Å². The quantitative estimate of drug-likeness (QED) is 0.496. The first-order valence-electron chi connectivity index (χ1n) is 3.38. The second-order valence-electron chi connectivity index (χ2n) is 1.72. The predicted octanol–water partition coefficient (Wildman–Crippen LogP) is 0.419. The van der Waals surface area contributed by atoms with Crippen molar-refractivity contribution in [1.82, 2.24) is 5.32 Å². The van der Waals surface area contributed by atoms with E-state index in [0.717, 1.165) is 12.3 Å². The molecule has 0 bridgehead atoms. The van der Waals surface area contributed by atoms with Gasteiger partial charge in [-0.2, -0.15) is 0 Å². The third kappa shape index (κ3) is 5.28. The number of hydrogen-bond acceptors (Lipinski definition) is 4. The van der Waals surface area contributed by atoms with E-state index in [9.17, 15) is 9.59 Å². The van der Waals surface area contributed by atoms with Crippen molar-refractivity contribution in [2.75, 3.05) is 13.7 Å². The predicted molar refractivity (Wildman–Crippen MR) is 41.3 cm³/mol. The summed E-state index contributed by atoms with van der Waals surface area (Å²) in [5, 5.41) is 2.21. The van der Waals surface area contributed by atoms with Crippen molar-refractivity contribution in [1.29, 1.82) is 0 Å². The molecule has 0 spiro atoms. The summed E-state index contributed by atoms with van der Waals surface area (Å²) in [6, 6.07) is 0. The molecule has 0 unspecified atom stereocenters. The molecule has 5 heteroatoms. The van der Waals surface area contributed by atoms with Crippen LogP contribution >= 0.6 is 0 Å². The van der Waals surface area contributed by atoms with E-state index in [-0.39, 0.29) is 6.61 Å². The molecule has 1 amide bonds. The Balaban J connectivity index is 3.59. The molecule has 0 aromatic carbocycles. The summed E-state index contributed by atoms with van der Waals surface area (Å²) < 4.78 is 8.78. The summed E-state index contributed by atoms with van der Waals surface area (Å²) in [6.07, 6.45) is 1.64. The Kier molecular flexibility index (Phi) is 5.42. The molecule has 0 atom stereocenters. The molecule has 68 valence electrons. The van der Waals surface area contributed by atoms with Gasteiger partial charge in [-0.3, -0.25) is 5.32 Å². The second-order valence-corrected chi connectivity index (χ2v) is 1.72. The molecule has 5 nitrogen and oxygen atoms in total. The number of alkyl carbamates (subject to hydrolysis) is 1. The van der Waals surface area contributed by atoms with Crippen LogP contribution < -0.4 is 5.32 Å². The van der Waals surface area contributed by atoms with Crippen LogP contribution in [-0.2, 0) is 14.3 Å². The van der Waals surface area contributed by atoms with Gasteiger partial charge in [0.2, 0.25) is 0 Å². The molecule has 0 aromatic heterocycles. The molecule has 12 heavy (non-hydrogen) atoms. The Labute approximate surface area is 70.3 Å². The monoisotopic (exact) mass is 173 g/mol. The Bertz CT molecular complexity index is 188. The molecule has 0 saturated carbocycles. The van der Waals surface area contributed by atoms with Gasteiger partial charge in [-0.15, -0.1) is 0 Å². The van der Waals surface area contributed by atoms with Gasteiger partial charge in [0.05, 0.1) is 13.7 Å². The Morgan fingerprint density at radius 1 is 1.50 bits per heavy atom. The average Bonchev–Trinajstić information content (AvgIpc) is 2.04. The van der Waals surface area contributed by atoms with E-state index in [1.54, 1.807) is 6.92 Å². The van der Waals surface area contributed by atoms with Crippen molar-refractivity contribution >= 4 is 12.1 Å². The van der Waals surface area contributed by atoms with Gasteiger partial charge < -0.3 is 9.47 Å². The van der Waals surface area contributed by atoms with Gasteiger partial charge in [0.15, 0.2) is 0 Å². The molecular formula is C7H11NO4. The number of amides is 1. The Hall–Kier alpha value is -1.52. The van der Waals surface area contributed by atoms with Crippen molar-refractivity contribution in [3.63, 3.8) is 0 Å². The topological polar surface area (TPSA) is 64.6 Å². The van der Waals surface area contributed by atoms with Crippen LogP contribution in [-0.4, -0.2) is 25.8 Å². The number of nitrogens with one attached hydrogen (secondary N) is 1. The highest BCUT2D eigenvalue weighted by Crippen LogP contribution is 1.78. The summed E-state index contributed by atoms with van der Waals surface area (Å²) in [5.41, 5.74) is 0. The van der Waals surface area contributed by atoms with Crippen molar-refractivity contribution in [2.24, 2.45) is 0 Å². The summed E-state index contributed by atoms with van der Waals surface area (Å²) in [5.74, 6) is -0.535. The van der Waals surface area contributed by atoms with E-state index >= 15 is 0 Å². The summed E-state index contributed by atoms with van der Waals surface area (Å²) in [7, 11) is 1.25. The molecule has 0 radical (unpaired) electrons. The maximum absolute atomic E-state index is 10.6. The minimum absolute atomic E-state index is 0.290. The normalized spacial score (nSPS) is 9.50. The van der Waals surface area contributed by atoms with Crippen molar-refractivity contribution in [2.45, 2.75) is 6.92 Å². The molecule has 0 aromatic rings. The smallest absolute Gasteiger partial charge is 0.411 e. The van der Waals surface area contributed by atoms with E-state index < -0.39 is 12.1 Å². The number of methoxy groups -OCH3 is 1. The number of carbonyl (C=O) groups is 2. The zero-order valence-corrected chi connectivity index (χ0v) is 6.99. The van der Waals surface area contributed by atoms with Crippen molar-refractivity contribution in [3.8, 4) is 0 Å². The maximum Gasteiger partial charge on any atom is 0.411 e. The first kappa shape index (κ1) is 10.5. The standard InChI is InChI=1S/C7H11NO4/c1-3-12-7(10)8-5-4-6(9)11-2/h4-5H,3H2,1-2H3,(H,8,10). The number of rotatable bonds is 3. The molecular weight excluding hydrogens is 162 g/mol. The number of ether oxygens (including phenoxy) is 2. The van der Waals surface area contributed by atoms with Gasteiger partial charge in [-0.25, -0.2) is 9.59 Å². The van der Waals surface area contributed by atoms with Gasteiger partial charge >= 0.3 is 12.1 Å². The lowest BCUT2D eigenvalue weighted by Crippen LogP contribution is -2.18. The lowest BCUT2D eigenvalue weighted by atomic mass is 10.6. The zero-order valence-electron chi connectivity index (χ0n) is 6.99. The number of esters is 1. The molecule has 0 aliphatic heterocycles. The highest BCUT2D eigenvalue weighted by molar-refractivity contribution is 5.82. The molecule has 0 aliphatic rings. The fourth-order valence-electron chi connectivity index (χ4n) is 0.419. The summed E-state index contributed by atoms with van der Waals surface area (Å²) in [6.45, 7) is 1.97. The SMILES string of the molecule is CCOC(=O)NC=CC(=O)OC. The van der Waals surface area contributed by atoms with Gasteiger partial charge in [0, 0.05) is 12.3 Å². The Morgan fingerprint density at radius 2 is 2.17 bits per heavy atom. The first-order chi connectivity index (χ1) is 5.70. The van der Waals surface area contributed by atoms with Gasteiger partial charge in [-0.05, 0) is 6.92 Å². The van der Waals surface area contributed by atoms with Crippen molar-refractivity contribution < 1.29 is 19.1 Å². The van der Waals surface area contributed by atoms with Gasteiger partial charge in [0.1, 0.15) is 0 Å². The molecule has 1 N–H and O–H groups in total. The lowest BCUT2D eigenvalue weighted by Gasteiger charge is -1.98. The van der Waals surface area contributed by atoms with E-state index in [2.05, 4.69) is 14.8 Å². The molecule has 0 aliphatic carbocycles. The summed E-state index contributed by atoms with van der Waals surface area (Å²) in [4.78, 5) is 21.0. The summed E-state index contributed by atoms with van der Waals surface area (Å²) >= 11 is 0. The minimum atomic E-state index is -0.599. The van der Waals surface area contributed by atoms with Crippen LogP contribution in [0.5, 0.6) is 0 Å². The van der Waals surface area contributed by atoms with E-state index in [4.69, 9.17) is 0 Å². The first-order valence-corrected chi connectivity index (χ1v) is 3.38. The molecule has 0 fully saturated rings. The maximum atomic E-state index is 10.6. The number of hydrogen-bond donors (Lipinski definition) is 1. The second kappa shape index (κ2) is 6.21. The van der Waals surface area contributed by atoms with Crippen LogP contribution in [0.4, 0.5) is 4.79 Å². The van der Waals surface area contributed by atoms with Gasteiger partial charge in [0.25, 0.3) is 0 Å². The molecule has 0 heterocycles. The highest BCUT2D eigenvalue weighted by atomic mass is 16.5. The fraction of sp³-hybridized carbons (Fsp3) is 0.429. The average molecular weight is 173 g/mol. The zero-order chi connectivity index (χ0) is 9.40. The third-order valence-electron chi connectivity index (χ3n) is 0.897. The molecule has 0 rings (SSSR count). The van der Waals surface area contributed by atoms with E-state index in [1.165, 1.54) is 7.11 Å². The largest absolute Gasteiger partial charge is 0.466 e. The van der Waals surface area contributed by atoms with Crippen LogP contribution in [0, 0.1) is 0 Å². The van der Waals surface area contributed by atoms with Crippen LogP contribution in [0.25, 0.3) is 0 Å². The van der Waals surface area contributed by atoms with Gasteiger partial charge in [-0.1, -0.05) is 0 Å². The van der Waals surface area contributed by atoms with E-state index in [0.29, 0.717) is 0 Å². The van der Waals surface area contributed by atoms with E-state index in [1.807, 2.05) is 0 Å².